The number of aromatic carboxylic acids is 1. The van der Waals surface area contributed by atoms with Crippen LogP contribution in [0.15, 0.2) is 72.2 Å². The number of aliphatic hydroxyl groups excluding tert-OH is 1. The number of carbonyl (C=O) groups is 1. The van der Waals surface area contributed by atoms with E-state index >= 15 is 0 Å². The summed E-state index contributed by atoms with van der Waals surface area (Å²) >= 11 is 0. The summed E-state index contributed by atoms with van der Waals surface area (Å²) in [6, 6.07) is 14.3. The summed E-state index contributed by atoms with van der Waals surface area (Å²) in [5.74, 6) is 4.10. The molecular weight excluding hydrogens is 572 g/mol. The van der Waals surface area contributed by atoms with Crippen molar-refractivity contribution in [1.82, 2.24) is 0 Å². The zero-order valence-electron chi connectivity index (χ0n) is 28.0. The van der Waals surface area contributed by atoms with Crippen molar-refractivity contribution in [2.45, 2.75) is 135 Å². The SMILES string of the molecule is C1=C(OC2=CCCCCCC2)CCCCCC1.C[C@]12CC[C@@H]3c4ccc(O)cc4CC[C@H]3[C@@H]1CC[C@@H]2O.O=C(O)c1ccccc1. The Labute approximate surface area is 276 Å². The molecule has 2 aromatic rings. The highest BCUT2D eigenvalue weighted by Gasteiger charge is 2.54. The molecule has 2 saturated carbocycles. The van der Waals surface area contributed by atoms with Gasteiger partial charge in [-0.2, -0.15) is 0 Å². The lowest BCUT2D eigenvalue weighted by molar-refractivity contribution is -0.0226. The van der Waals surface area contributed by atoms with Crippen LogP contribution < -0.4 is 0 Å². The van der Waals surface area contributed by atoms with E-state index in [1.54, 1.807) is 30.3 Å². The molecule has 5 aliphatic carbocycles. The Balaban J connectivity index is 0.000000146. The van der Waals surface area contributed by atoms with Crippen LogP contribution in [0.1, 0.15) is 143 Å². The van der Waals surface area contributed by atoms with Gasteiger partial charge in [0.1, 0.15) is 5.75 Å². The van der Waals surface area contributed by atoms with Crippen LogP contribution in [0.3, 0.4) is 0 Å². The number of benzene rings is 2. The van der Waals surface area contributed by atoms with Gasteiger partial charge in [-0.1, -0.05) is 56.9 Å². The molecule has 2 fully saturated rings. The third-order valence-electron chi connectivity index (χ3n) is 11.4. The van der Waals surface area contributed by atoms with Gasteiger partial charge < -0.3 is 20.1 Å². The standard InChI is InChI=1S/C18H24O2.C16H26O.C7H6O2/c1-18-9-8-14-13-5-3-12(19)10-11(13)2-4-15(14)16(18)6-7-17(18)20;1-3-7-11-15(12-8-4-1)17-16-13-9-5-2-6-10-14-16;8-7(9)6-4-2-1-3-5-6/h3,5,10,14-17,19-20H,2,4,6-9H2,1H3;11,13H,1-10,12,14H2;1-5H,(H,8,9)/t14-,15-,16+,17+,18+;;/m1../s1. The fourth-order valence-corrected chi connectivity index (χ4v) is 8.80. The highest BCUT2D eigenvalue weighted by atomic mass is 16.5. The maximum atomic E-state index is 10.4. The summed E-state index contributed by atoms with van der Waals surface area (Å²) < 4.78 is 6.13. The second kappa shape index (κ2) is 16.7. The van der Waals surface area contributed by atoms with Gasteiger partial charge in [0, 0.05) is 12.8 Å². The molecule has 0 spiro atoms. The number of ether oxygens (including phenoxy) is 1. The van der Waals surface area contributed by atoms with Crippen molar-refractivity contribution < 1.29 is 24.9 Å². The summed E-state index contributed by atoms with van der Waals surface area (Å²) in [7, 11) is 0. The molecule has 0 unspecified atom stereocenters. The van der Waals surface area contributed by atoms with Gasteiger partial charge >= 0.3 is 5.97 Å². The second-order valence-corrected chi connectivity index (χ2v) is 14.5. The van der Waals surface area contributed by atoms with Crippen molar-refractivity contribution in [3.63, 3.8) is 0 Å². The number of rotatable bonds is 3. The van der Waals surface area contributed by atoms with E-state index in [0.717, 1.165) is 38.0 Å². The number of aryl methyl sites for hydroxylation is 1. The molecule has 2 aromatic carbocycles. The third-order valence-corrected chi connectivity index (χ3v) is 11.4. The van der Waals surface area contributed by atoms with Crippen molar-refractivity contribution in [3.05, 3.63) is 88.9 Å². The molecule has 5 aliphatic rings. The molecule has 250 valence electrons. The van der Waals surface area contributed by atoms with Crippen LogP contribution >= 0.6 is 0 Å². The number of phenols is 1. The largest absolute Gasteiger partial charge is 0.508 e. The lowest BCUT2D eigenvalue weighted by atomic mass is 9.55. The number of allylic oxidation sites excluding steroid dienone is 4. The molecule has 5 heteroatoms. The van der Waals surface area contributed by atoms with E-state index in [9.17, 15) is 15.0 Å². The van der Waals surface area contributed by atoms with Crippen LogP contribution in [0.5, 0.6) is 5.75 Å². The molecule has 0 heterocycles. The first-order valence-electron chi connectivity index (χ1n) is 18.2. The number of aliphatic hydroxyl groups is 1. The number of hydrogen-bond donors (Lipinski definition) is 3. The Morgan fingerprint density at radius 3 is 2.07 bits per heavy atom. The summed E-state index contributed by atoms with van der Waals surface area (Å²) in [5, 5.41) is 28.4. The van der Waals surface area contributed by atoms with E-state index in [2.05, 4.69) is 25.1 Å². The Kier molecular flexibility index (Phi) is 12.4. The van der Waals surface area contributed by atoms with Crippen molar-refractivity contribution in [2.24, 2.45) is 17.3 Å². The lowest BCUT2D eigenvalue weighted by Crippen LogP contribution is -2.43. The van der Waals surface area contributed by atoms with E-state index in [4.69, 9.17) is 9.84 Å². The van der Waals surface area contributed by atoms with Crippen LogP contribution in [-0.2, 0) is 11.2 Å². The first-order chi connectivity index (χ1) is 22.3. The number of hydrogen-bond acceptors (Lipinski definition) is 4. The smallest absolute Gasteiger partial charge is 0.335 e. The second-order valence-electron chi connectivity index (χ2n) is 14.5. The predicted molar refractivity (Wildman–Crippen MR) is 185 cm³/mol. The van der Waals surface area contributed by atoms with Gasteiger partial charge in [0.2, 0.25) is 0 Å². The minimum atomic E-state index is -0.879. The molecule has 0 bridgehead atoms. The summed E-state index contributed by atoms with van der Waals surface area (Å²) in [5.41, 5.74) is 3.32. The first-order valence-corrected chi connectivity index (χ1v) is 18.2. The minimum absolute atomic E-state index is 0.0883. The van der Waals surface area contributed by atoms with Crippen LogP contribution in [0, 0.1) is 17.3 Å². The molecule has 0 radical (unpaired) electrons. The van der Waals surface area contributed by atoms with Crippen molar-refractivity contribution in [3.8, 4) is 5.75 Å². The van der Waals surface area contributed by atoms with Gasteiger partial charge in [-0.3, -0.25) is 0 Å². The zero-order chi connectivity index (χ0) is 32.4. The highest BCUT2D eigenvalue weighted by Crippen LogP contribution is 2.60. The Morgan fingerprint density at radius 1 is 0.783 bits per heavy atom. The molecule has 0 saturated heterocycles. The topological polar surface area (TPSA) is 87.0 Å². The molecular formula is C41H56O5. The molecule has 5 nitrogen and oxygen atoms in total. The fraction of sp³-hybridized carbons (Fsp3) is 0.585. The highest BCUT2D eigenvalue weighted by molar-refractivity contribution is 5.87. The Hall–Kier alpha value is -3.05. The number of carboxylic acids is 1. The monoisotopic (exact) mass is 628 g/mol. The third kappa shape index (κ3) is 8.85. The zero-order valence-corrected chi connectivity index (χ0v) is 28.0. The Bertz CT molecular complexity index is 1300. The fourth-order valence-electron chi connectivity index (χ4n) is 8.80. The normalized spacial score (nSPS) is 29.0. The number of carboxylic acid groups (broad SMARTS) is 1. The number of fused-ring (bicyclic) bond motifs is 5. The maximum Gasteiger partial charge on any atom is 0.335 e. The van der Waals surface area contributed by atoms with E-state index in [1.807, 2.05) is 12.1 Å². The predicted octanol–water partition coefficient (Wildman–Crippen LogP) is 10.5. The molecule has 5 atom stereocenters. The van der Waals surface area contributed by atoms with E-state index in [0.29, 0.717) is 23.1 Å². The van der Waals surface area contributed by atoms with Gasteiger partial charge in [0.15, 0.2) is 0 Å². The van der Waals surface area contributed by atoms with Crippen molar-refractivity contribution in [2.75, 3.05) is 0 Å². The summed E-state index contributed by atoms with van der Waals surface area (Å²) in [4.78, 5) is 10.2. The van der Waals surface area contributed by atoms with E-state index in [1.165, 1.54) is 106 Å². The maximum absolute atomic E-state index is 10.4. The van der Waals surface area contributed by atoms with E-state index in [-0.39, 0.29) is 11.5 Å². The quantitative estimate of drug-likeness (QED) is 0.315. The van der Waals surface area contributed by atoms with Crippen LogP contribution in [0.2, 0.25) is 0 Å². The molecule has 0 aliphatic heterocycles. The molecule has 7 rings (SSSR count). The summed E-state index contributed by atoms with van der Waals surface area (Å²) in [6.07, 6.45) is 27.0. The number of phenolic OH excluding ortho intramolecular Hbond substituents is 1. The average Bonchev–Trinajstić information content (AvgIpc) is 3.34. The van der Waals surface area contributed by atoms with Crippen molar-refractivity contribution in [1.29, 1.82) is 0 Å². The van der Waals surface area contributed by atoms with Crippen LogP contribution in [-0.4, -0.2) is 27.4 Å². The van der Waals surface area contributed by atoms with Gasteiger partial charge in [0.25, 0.3) is 0 Å². The molecule has 0 amide bonds. The average molecular weight is 629 g/mol. The van der Waals surface area contributed by atoms with E-state index < -0.39 is 5.97 Å². The van der Waals surface area contributed by atoms with Crippen LogP contribution in [0.4, 0.5) is 0 Å². The van der Waals surface area contributed by atoms with Crippen LogP contribution in [0.25, 0.3) is 0 Å². The Morgan fingerprint density at radius 2 is 1.43 bits per heavy atom. The first kappa shape index (κ1) is 34.3. The van der Waals surface area contributed by atoms with Gasteiger partial charge in [0.05, 0.1) is 23.2 Å². The van der Waals surface area contributed by atoms with Gasteiger partial charge in [-0.15, -0.1) is 0 Å². The number of aromatic hydroxyl groups is 1. The molecule has 0 aromatic heterocycles. The molecule has 3 N–H and O–H groups in total. The minimum Gasteiger partial charge on any atom is -0.508 e. The van der Waals surface area contributed by atoms with Gasteiger partial charge in [-0.05, 0) is 148 Å². The van der Waals surface area contributed by atoms with Gasteiger partial charge in [-0.25, -0.2) is 4.79 Å². The molecule has 46 heavy (non-hydrogen) atoms. The lowest BCUT2D eigenvalue weighted by Gasteiger charge is -2.50. The summed E-state index contributed by atoms with van der Waals surface area (Å²) in [6.45, 7) is 2.32. The van der Waals surface area contributed by atoms with Crippen molar-refractivity contribution >= 4 is 5.97 Å².